The molecule has 0 aliphatic heterocycles. The number of aryl methyl sites for hydroxylation is 3. The smallest absolute Gasteiger partial charge is 0.229 e. The summed E-state index contributed by atoms with van der Waals surface area (Å²) in [5.74, 6) is 2.03. The highest BCUT2D eigenvalue weighted by atomic mass is 16.5. The van der Waals surface area contributed by atoms with Gasteiger partial charge in [0.25, 0.3) is 0 Å². The number of benzene rings is 2. The Morgan fingerprint density at radius 3 is 2.40 bits per heavy atom. The van der Waals surface area contributed by atoms with Crippen molar-refractivity contribution >= 4 is 23.1 Å². The van der Waals surface area contributed by atoms with Gasteiger partial charge < -0.3 is 15.4 Å². The predicted octanol–water partition coefficient (Wildman–Crippen LogP) is 4.90. The summed E-state index contributed by atoms with van der Waals surface area (Å²) in [6.07, 6.45) is 0. The van der Waals surface area contributed by atoms with Crippen LogP contribution < -0.4 is 15.4 Å². The number of hydrogen-bond donors (Lipinski definition) is 2. The highest BCUT2D eigenvalue weighted by Gasteiger charge is 2.07. The van der Waals surface area contributed by atoms with Crippen LogP contribution in [0.15, 0.2) is 48.5 Å². The zero-order valence-electron chi connectivity index (χ0n) is 14.9. The Morgan fingerprint density at radius 2 is 1.64 bits per heavy atom. The molecule has 0 bridgehead atoms. The highest BCUT2D eigenvalue weighted by molar-refractivity contribution is 5.65. The fourth-order valence-electron chi connectivity index (χ4n) is 2.52. The van der Waals surface area contributed by atoms with Crippen molar-refractivity contribution in [2.45, 2.75) is 20.8 Å². The van der Waals surface area contributed by atoms with E-state index in [1.54, 1.807) is 7.11 Å². The lowest BCUT2D eigenvalue weighted by Gasteiger charge is -2.13. The Labute approximate surface area is 148 Å². The van der Waals surface area contributed by atoms with Crippen molar-refractivity contribution in [3.05, 3.63) is 65.4 Å². The molecule has 0 aliphatic carbocycles. The minimum Gasteiger partial charge on any atom is -0.495 e. The van der Waals surface area contributed by atoms with Crippen LogP contribution >= 0.6 is 0 Å². The number of nitrogens with one attached hydrogen (secondary N) is 2. The molecule has 0 atom stereocenters. The maximum absolute atomic E-state index is 5.38. The highest BCUT2D eigenvalue weighted by Crippen LogP contribution is 2.27. The summed E-state index contributed by atoms with van der Waals surface area (Å²) in [4.78, 5) is 9.03. The van der Waals surface area contributed by atoms with Gasteiger partial charge in [0, 0.05) is 17.4 Å². The lowest BCUT2D eigenvalue weighted by molar-refractivity contribution is 0.417. The van der Waals surface area contributed by atoms with E-state index in [0.29, 0.717) is 11.8 Å². The van der Waals surface area contributed by atoms with Crippen molar-refractivity contribution in [2.24, 2.45) is 0 Å². The number of anilines is 4. The van der Waals surface area contributed by atoms with Crippen LogP contribution in [0.4, 0.5) is 23.1 Å². The van der Waals surface area contributed by atoms with Crippen LogP contribution in [-0.4, -0.2) is 17.1 Å². The molecule has 0 aliphatic rings. The van der Waals surface area contributed by atoms with Crippen molar-refractivity contribution < 1.29 is 4.74 Å². The monoisotopic (exact) mass is 334 g/mol. The summed E-state index contributed by atoms with van der Waals surface area (Å²) in [6, 6.07) is 15.8. The molecule has 0 saturated carbocycles. The van der Waals surface area contributed by atoms with Crippen molar-refractivity contribution in [1.82, 2.24) is 9.97 Å². The largest absolute Gasteiger partial charge is 0.495 e. The molecule has 128 valence electrons. The van der Waals surface area contributed by atoms with Gasteiger partial charge in [0.15, 0.2) is 0 Å². The molecule has 2 N–H and O–H groups in total. The third kappa shape index (κ3) is 4.07. The van der Waals surface area contributed by atoms with Gasteiger partial charge in [-0.25, -0.2) is 4.98 Å². The van der Waals surface area contributed by atoms with Gasteiger partial charge in [0.1, 0.15) is 11.6 Å². The number of hydrogen-bond acceptors (Lipinski definition) is 5. The zero-order valence-corrected chi connectivity index (χ0v) is 14.9. The van der Waals surface area contributed by atoms with Gasteiger partial charge in [-0.2, -0.15) is 4.98 Å². The molecule has 1 heterocycles. The van der Waals surface area contributed by atoms with Gasteiger partial charge in [-0.05, 0) is 56.2 Å². The van der Waals surface area contributed by atoms with Crippen LogP contribution in [0, 0.1) is 20.8 Å². The first kappa shape index (κ1) is 16.8. The van der Waals surface area contributed by atoms with Crippen LogP contribution in [0.5, 0.6) is 5.75 Å². The molecule has 1 aromatic heterocycles. The molecule has 0 unspecified atom stereocenters. The van der Waals surface area contributed by atoms with Crippen LogP contribution in [0.3, 0.4) is 0 Å². The second-order valence-electron chi connectivity index (χ2n) is 5.97. The molecule has 3 rings (SSSR count). The molecule has 0 amide bonds. The van der Waals surface area contributed by atoms with E-state index in [-0.39, 0.29) is 0 Å². The molecule has 2 aromatic carbocycles. The molecule has 3 aromatic rings. The fourth-order valence-corrected chi connectivity index (χ4v) is 2.52. The Bertz CT molecular complexity index is 893. The molecular weight excluding hydrogens is 312 g/mol. The molecule has 5 heteroatoms. The van der Waals surface area contributed by atoms with E-state index in [1.807, 2.05) is 43.3 Å². The molecule has 0 spiro atoms. The number of para-hydroxylation sites is 2. The summed E-state index contributed by atoms with van der Waals surface area (Å²) in [5, 5.41) is 6.57. The Hall–Kier alpha value is -3.08. The topological polar surface area (TPSA) is 59.1 Å². The van der Waals surface area contributed by atoms with E-state index in [0.717, 1.165) is 22.8 Å². The summed E-state index contributed by atoms with van der Waals surface area (Å²) in [7, 11) is 1.65. The maximum atomic E-state index is 5.38. The first-order chi connectivity index (χ1) is 12.0. The van der Waals surface area contributed by atoms with Crippen LogP contribution in [0.1, 0.15) is 16.8 Å². The van der Waals surface area contributed by atoms with E-state index in [2.05, 4.69) is 46.6 Å². The fraction of sp³-hybridized carbons (Fsp3) is 0.200. The molecule has 25 heavy (non-hydrogen) atoms. The van der Waals surface area contributed by atoms with Gasteiger partial charge in [-0.15, -0.1) is 0 Å². The average molecular weight is 334 g/mol. The number of ether oxygens (including phenoxy) is 1. The van der Waals surface area contributed by atoms with Crippen molar-refractivity contribution in [1.29, 1.82) is 0 Å². The second kappa shape index (κ2) is 7.21. The van der Waals surface area contributed by atoms with Gasteiger partial charge in [-0.1, -0.05) is 18.2 Å². The van der Waals surface area contributed by atoms with Crippen molar-refractivity contribution in [3.63, 3.8) is 0 Å². The third-order valence-corrected chi connectivity index (χ3v) is 3.99. The average Bonchev–Trinajstić information content (AvgIpc) is 2.58. The third-order valence-electron chi connectivity index (χ3n) is 3.99. The zero-order chi connectivity index (χ0) is 17.8. The second-order valence-corrected chi connectivity index (χ2v) is 5.97. The van der Waals surface area contributed by atoms with E-state index in [4.69, 9.17) is 4.74 Å². The van der Waals surface area contributed by atoms with E-state index < -0.39 is 0 Å². The molecule has 0 radical (unpaired) electrons. The molecule has 0 fully saturated rings. The number of nitrogens with zero attached hydrogens (tertiary/aromatic N) is 2. The molecular formula is C20H22N4O. The van der Waals surface area contributed by atoms with Crippen LogP contribution in [0.2, 0.25) is 0 Å². The Morgan fingerprint density at radius 1 is 0.840 bits per heavy atom. The Kier molecular flexibility index (Phi) is 4.84. The Balaban J connectivity index is 1.86. The van der Waals surface area contributed by atoms with Gasteiger partial charge in [0.05, 0.1) is 12.8 Å². The standard InChI is InChI=1S/C20H22N4O/c1-13-9-10-16(11-14(13)2)22-20-21-15(3)12-19(24-20)23-17-7-5-6-8-18(17)25-4/h5-12H,1-4H3,(H2,21,22,23,24). The predicted molar refractivity (Wildman–Crippen MR) is 102 cm³/mol. The number of methoxy groups -OCH3 is 1. The summed E-state index contributed by atoms with van der Waals surface area (Å²) >= 11 is 0. The SMILES string of the molecule is COc1ccccc1Nc1cc(C)nc(Nc2ccc(C)c(C)c2)n1. The maximum Gasteiger partial charge on any atom is 0.229 e. The van der Waals surface area contributed by atoms with Gasteiger partial charge in [-0.3, -0.25) is 0 Å². The number of aromatic nitrogens is 2. The van der Waals surface area contributed by atoms with Gasteiger partial charge >= 0.3 is 0 Å². The van der Waals surface area contributed by atoms with E-state index >= 15 is 0 Å². The van der Waals surface area contributed by atoms with Crippen LogP contribution in [-0.2, 0) is 0 Å². The minimum atomic E-state index is 0.556. The number of rotatable bonds is 5. The lowest BCUT2D eigenvalue weighted by atomic mass is 10.1. The minimum absolute atomic E-state index is 0.556. The molecule has 0 saturated heterocycles. The quantitative estimate of drug-likeness (QED) is 0.695. The van der Waals surface area contributed by atoms with E-state index in [9.17, 15) is 0 Å². The first-order valence-corrected chi connectivity index (χ1v) is 8.15. The summed E-state index contributed by atoms with van der Waals surface area (Å²) in [5.41, 5.74) is 5.19. The summed E-state index contributed by atoms with van der Waals surface area (Å²) < 4.78 is 5.38. The molecule has 5 nitrogen and oxygen atoms in total. The van der Waals surface area contributed by atoms with Gasteiger partial charge in [0.2, 0.25) is 5.95 Å². The van der Waals surface area contributed by atoms with Crippen molar-refractivity contribution in [3.8, 4) is 5.75 Å². The first-order valence-electron chi connectivity index (χ1n) is 8.15. The lowest BCUT2D eigenvalue weighted by Crippen LogP contribution is -2.03. The summed E-state index contributed by atoms with van der Waals surface area (Å²) in [6.45, 7) is 6.13. The van der Waals surface area contributed by atoms with Crippen molar-refractivity contribution in [2.75, 3.05) is 17.7 Å². The van der Waals surface area contributed by atoms with E-state index in [1.165, 1.54) is 11.1 Å². The van der Waals surface area contributed by atoms with Crippen LogP contribution in [0.25, 0.3) is 0 Å². The normalized spacial score (nSPS) is 10.4.